The van der Waals surface area contributed by atoms with Gasteiger partial charge in [-0.2, -0.15) is 13.2 Å². The van der Waals surface area contributed by atoms with Gasteiger partial charge in [-0.05, 0) is 57.2 Å². The van der Waals surface area contributed by atoms with E-state index in [1.165, 1.54) is 6.07 Å². The minimum atomic E-state index is -4.92. The first-order valence-corrected chi connectivity index (χ1v) is 14.3. The summed E-state index contributed by atoms with van der Waals surface area (Å²) in [5, 5.41) is 15.4. The van der Waals surface area contributed by atoms with Gasteiger partial charge in [0.1, 0.15) is 5.69 Å². The Hall–Kier alpha value is -2.81. The summed E-state index contributed by atoms with van der Waals surface area (Å²) in [6.07, 6.45) is -1.71. The number of nitrogens with one attached hydrogen (secondary N) is 1. The Morgan fingerprint density at radius 1 is 1.24 bits per heavy atom. The van der Waals surface area contributed by atoms with Crippen LogP contribution < -0.4 is 9.62 Å². The van der Waals surface area contributed by atoms with Gasteiger partial charge >= 0.3 is 12.1 Å². The Morgan fingerprint density at radius 2 is 1.95 bits per heavy atom. The van der Waals surface area contributed by atoms with Crippen LogP contribution in [0.5, 0.6) is 0 Å². The van der Waals surface area contributed by atoms with Gasteiger partial charge in [-0.1, -0.05) is 25.2 Å². The van der Waals surface area contributed by atoms with E-state index >= 15 is 0 Å². The molecule has 0 saturated carbocycles. The van der Waals surface area contributed by atoms with Crippen molar-refractivity contribution in [3.63, 3.8) is 0 Å². The maximum atomic E-state index is 12.9. The lowest BCUT2D eigenvalue weighted by Crippen LogP contribution is -2.44. The molecule has 1 aliphatic heterocycles. The van der Waals surface area contributed by atoms with E-state index in [9.17, 15) is 26.4 Å². The summed E-state index contributed by atoms with van der Waals surface area (Å²) in [7, 11) is -4.78. The van der Waals surface area contributed by atoms with Crippen LogP contribution in [0.2, 0.25) is 0 Å². The molecule has 2 heterocycles. The van der Waals surface area contributed by atoms with Gasteiger partial charge in [0.25, 0.3) is 5.13 Å². The molecule has 0 aliphatic carbocycles. The van der Waals surface area contributed by atoms with Crippen LogP contribution in [0.15, 0.2) is 22.4 Å². The summed E-state index contributed by atoms with van der Waals surface area (Å²) < 4.78 is 70.3. The molecule has 0 bridgehead atoms. The second kappa shape index (κ2) is 11.7. The molecule has 1 N–H and O–H groups in total. The summed E-state index contributed by atoms with van der Waals surface area (Å²) in [5.41, 5.74) is 1.52. The molecule has 1 atom stereocenters. The van der Waals surface area contributed by atoms with Crippen molar-refractivity contribution in [2.45, 2.75) is 71.6 Å². The van der Waals surface area contributed by atoms with Gasteiger partial charge in [0.05, 0.1) is 12.3 Å². The van der Waals surface area contributed by atoms with E-state index in [0.717, 1.165) is 41.9 Å². The van der Waals surface area contributed by atoms with Crippen LogP contribution in [-0.2, 0) is 21.2 Å². The van der Waals surface area contributed by atoms with Crippen molar-refractivity contribution >= 4 is 49.5 Å². The van der Waals surface area contributed by atoms with Crippen LogP contribution in [0, 0.1) is 0 Å². The first-order valence-electron chi connectivity index (χ1n) is 11.8. The van der Waals surface area contributed by atoms with E-state index in [-0.39, 0.29) is 40.2 Å². The quantitative estimate of drug-likeness (QED) is 0.288. The second-order valence-corrected chi connectivity index (χ2v) is 11.2. The number of rotatable bonds is 10. The molecule has 1 unspecified atom stereocenters. The molecule has 0 amide bonds. The number of anilines is 2. The van der Waals surface area contributed by atoms with Crippen LogP contribution in [0.4, 0.5) is 35.4 Å². The first kappa shape index (κ1) is 28.8. The SMILES string of the molecule is CCOC(=O)c1nnc(N=Nc2cc3c(cc2NS(=O)(=O)CC(F)(F)F)N(C(CC)CC)C(C)CC3)s1. The van der Waals surface area contributed by atoms with Crippen LogP contribution in [-0.4, -0.2) is 55.2 Å². The summed E-state index contributed by atoms with van der Waals surface area (Å²) in [6, 6.07) is 3.48. The third-order valence-electron chi connectivity index (χ3n) is 5.84. The molecular formula is C22H29F3N6O4S2. The minimum Gasteiger partial charge on any atom is -0.461 e. The molecule has 2 aromatic rings. The number of hydrogen-bond donors (Lipinski definition) is 1. The number of halogens is 3. The van der Waals surface area contributed by atoms with E-state index in [2.05, 4.69) is 46.1 Å². The average Bonchev–Trinajstić information content (AvgIpc) is 3.27. The monoisotopic (exact) mass is 562 g/mol. The Morgan fingerprint density at radius 3 is 2.57 bits per heavy atom. The third-order valence-corrected chi connectivity index (χ3v) is 7.87. The van der Waals surface area contributed by atoms with Crippen LogP contribution in [0.1, 0.15) is 62.3 Å². The molecule has 204 valence electrons. The molecule has 1 aromatic carbocycles. The second-order valence-electron chi connectivity index (χ2n) is 8.55. The molecule has 3 rings (SSSR count). The molecule has 10 nitrogen and oxygen atoms in total. The van der Waals surface area contributed by atoms with Crippen molar-refractivity contribution in [3.05, 3.63) is 22.7 Å². The van der Waals surface area contributed by atoms with E-state index in [4.69, 9.17) is 4.74 Å². The van der Waals surface area contributed by atoms with Gasteiger partial charge < -0.3 is 9.64 Å². The zero-order valence-electron chi connectivity index (χ0n) is 20.9. The number of esters is 1. The van der Waals surface area contributed by atoms with Crippen molar-refractivity contribution < 1.29 is 31.1 Å². The summed E-state index contributed by atoms with van der Waals surface area (Å²) in [6.45, 7) is 7.97. The average molecular weight is 563 g/mol. The van der Waals surface area contributed by atoms with Crippen molar-refractivity contribution in [2.24, 2.45) is 10.2 Å². The Labute approximate surface area is 217 Å². The number of carbonyl (C=O) groups is 1. The van der Waals surface area contributed by atoms with Gasteiger partial charge in [0.15, 0.2) is 5.75 Å². The highest BCUT2D eigenvalue weighted by atomic mass is 32.2. The van der Waals surface area contributed by atoms with Crippen molar-refractivity contribution in [1.82, 2.24) is 10.2 Å². The lowest BCUT2D eigenvalue weighted by atomic mass is 9.92. The zero-order chi connectivity index (χ0) is 27.4. The number of benzene rings is 1. The fraction of sp³-hybridized carbons (Fsp3) is 0.591. The molecule has 0 radical (unpaired) electrons. The van der Waals surface area contributed by atoms with E-state index in [0.29, 0.717) is 6.42 Å². The number of hydrogen-bond acceptors (Lipinski definition) is 10. The number of carbonyl (C=O) groups excluding carboxylic acids is 1. The number of aromatic nitrogens is 2. The molecule has 1 aliphatic rings. The van der Waals surface area contributed by atoms with Gasteiger partial charge in [-0.15, -0.1) is 20.4 Å². The number of aryl methyl sites for hydroxylation is 1. The first-order chi connectivity index (χ1) is 17.4. The van der Waals surface area contributed by atoms with Crippen molar-refractivity contribution in [3.8, 4) is 0 Å². The van der Waals surface area contributed by atoms with E-state index in [1.807, 2.05) is 4.72 Å². The summed E-state index contributed by atoms with van der Waals surface area (Å²) in [5.74, 6) is -2.72. The molecule has 0 fully saturated rings. The molecule has 1 aromatic heterocycles. The van der Waals surface area contributed by atoms with E-state index < -0.39 is 27.9 Å². The topological polar surface area (TPSA) is 126 Å². The number of azo groups is 1. The Bertz CT molecular complexity index is 1250. The standard InChI is InChI=1S/C22H29F3N6O4S2/c1-5-15(6-2)31-13(4)8-9-14-10-16(26-28-21-29-27-19(36-21)20(32)35-7-3)17(11-18(14)31)30-37(33,34)12-22(23,24)25/h10-11,13,15,30H,5-9,12H2,1-4H3. The predicted molar refractivity (Wildman–Crippen MR) is 135 cm³/mol. The number of alkyl halides is 3. The number of ether oxygens (including phenoxy) is 1. The van der Waals surface area contributed by atoms with Crippen LogP contribution in [0.25, 0.3) is 0 Å². The lowest BCUT2D eigenvalue weighted by Gasteiger charge is -2.42. The summed E-state index contributed by atoms with van der Waals surface area (Å²) in [4.78, 5) is 14.0. The van der Waals surface area contributed by atoms with Gasteiger partial charge in [-0.25, -0.2) is 13.2 Å². The van der Waals surface area contributed by atoms with Crippen LogP contribution >= 0.6 is 11.3 Å². The fourth-order valence-electron chi connectivity index (χ4n) is 4.25. The highest BCUT2D eigenvalue weighted by Crippen LogP contribution is 2.41. The highest BCUT2D eigenvalue weighted by Gasteiger charge is 2.36. The maximum absolute atomic E-state index is 12.9. The maximum Gasteiger partial charge on any atom is 0.404 e. The predicted octanol–water partition coefficient (Wildman–Crippen LogP) is 5.76. The summed E-state index contributed by atoms with van der Waals surface area (Å²) >= 11 is 0.814. The molecule has 37 heavy (non-hydrogen) atoms. The lowest BCUT2D eigenvalue weighted by molar-refractivity contribution is -0.106. The normalized spacial score (nSPS) is 16.3. The van der Waals surface area contributed by atoms with E-state index in [1.54, 1.807) is 13.0 Å². The Balaban J connectivity index is 2.05. The van der Waals surface area contributed by atoms with Gasteiger partial charge in [-0.3, -0.25) is 4.72 Å². The number of fused-ring (bicyclic) bond motifs is 1. The van der Waals surface area contributed by atoms with Crippen LogP contribution in [0.3, 0.4) is 0 Å². The minimum absolute atomic E-state index is 0.00264. The zero-order valence-corrected chi connectivity index (χ0v) is 22.5. The van der Waals surface area contributed by atoms with Crippen molar-refractivity contribution in [2.75, 3.05) is 22.0 Å². The van der Waals surface area contributed by atoms with Gasteiger partial charge in [0, 0.05) is 17.8 Å². The molecule has 0 spiro atoms. The highest BCUT2D eigenvalue weighted by molar-refractivity contribution is 7.92. The number of nitrogens with zero attached hydrogens (tertiary/aromatic N) is 5. The largest absolute Gasteiger partial charge is 0.461 e. The Kier molecular flexibility index (Phi) is 9.10. The molecule has 15 heteroatoms. The van der Waals surface area contributed by atoms with Gasteiger partial charge in [0.2, 0.25) is 15.0 Å². The number of sulfonamides is 1. The fourth-order valence-corrected chi connectivity index (χ4v) is 5.81. The third kappa shape index (κ3) is 7.37. The smallest absolute Gasteiger partial charge is 0.404 e. The molecule has 0 saturated heterocycles. The van der Waals surface area contributed by atoms with Crippen molar-refractivity contribution in [1.29, 1.82) is 0 Å². The molecular weight excluding hydrogens is 533 g/mol.